The van der Waals surface area contributed by atoms with Gasteiger partial charge in [-0.05, 0) is 25.8 Å². The van der Waals surface area contributed by atoms with Gasteiger partial charge in [0.05, 0.1) is 19.1 Å². The van der Waals surface area contributed by atoms with Crippen LogP contribution in [-0.2, 0) is 9.53 Å². The van der Waals surface area contributed by atoms with Crippen LogP contribution in [0.25, 0.3) is 0 Å². The molecule has 0 bridgehead atoms. The molecule has 0 radical (unpaired) electrons. The van der Waals surface area contributed by atoms with E-state index in [9.17, 15) is 4.79 Å². The lowest BCUT2D eigenvalue weighted by atomic mass is 9.93. The molecule has 17 heavy (non-hydrogen) atoms. The van der Waals surface area contributed by atoms with Crippen molar-refractivity contribution in [3.8, 4) is 0 Å². The number of hydrogen-bond donors (Lipinski definition) is 1. The summed E-state index contributed by atoms with van der Waals surface area (Å²) in [6.45, 7) is 9.79. The molecule has 0 atom stereocenters. The summed E-state index contributed by atoms with van der Waals surface area (Å²) < 4.78 is 5.35. The normalized spacial score (nSPS) is 11.2. The summed E-state index contributed by atoms with van der Waals surface area (Å²) in [7, 11) is 1.81. The van der Waals surface area contributed by atoms with Crippen molar-refractivity contribution in [1.82, 2.24) is 4.90 Å². The molecule has 0 saturated carbocycles. The van der Waals surface area contributed by atoms with Gasteiger partial charge in [0.2, 0.25) is 5.91 Å². The average Bonchev–Trinajstić information content (AvgIpc) is 2.16. The lowest BCUT2D eigenvalue weighted by molar-refractivity contribution is -0.132. The third-order valence-electron chi connectivity index (χ3n) is 2.41. The highest BCUT2D eigenvalue weighted by molar-refractivity contribution is 5.85. The van der Waals surface area contributed by atoms with Gasteiger partial charge < -0.3 is 15.4 Å². The summed E-state index contributed by atoms with van der Waals surface area (Å²) in [6.07, 6.45) is 0.619. The molecule has 0 heterocycles. The molecule has 0 fully saturated rings. The van der Waals surface area contributed by atoms with Gasteiger partial charge in [-0.25, -0.2) is 0 Å². The number of amides is 1. The Balaban J connectivity index is 0. The van der Waals surface area contributed by atoms with Crippen LogP contribution in [0, 0.1) is 5.41 Å². The Kier molecular flexibility index (Phi) is 9.77. The molecule has 5 heteroatoms. The van der Waals surface area contributed by atoms with Crippen LogP contribution in [0.1, 0.15) is 34.1 Å². The monoisotopic (exact) mass is 266 g/mol. The number of carbonyl (C=O) groups excluding carboxylic acids is 1. The highest BCUT2D eigenvalue weighted by Gasteiger charge is 2.20. The van der Waals surface area contributed by atoms with Crippen molar-refractivity contribution in [1.29, 1.82) is 0 Å². The first-order chi connectivity index (χ1) is 7.28. The van der Waals surface area contributed by atoms with Crippen molar-refractivity contribution >= 4 is 18.3 Å². The second-order valence-corrected chi connectivity index (χ2v) is 5.29. The molecule has 0 aliphatic carbocycles. The zero-order valence-corrected chi connectivity index (χ0v) is 12.5. The molecule has 0 rings (SSSR count). The van der Waals surface area contributed by atoms with Crippen LogP contribution in [-0.4, -0.2) is 43.7 Å². The number of rotatable bonds is 7. The SMILES string of the molecule is CC(C)OCCC(=O)N(C)CC(C)(C)CN.Cl. The first kappa shape index (κ1) is 19.0. The Labute approximate surface area is 111 Å². The van der Waals surface area contributed by atoms with Gasteiger partial charge in [0, 0.05) is 13.6 Å². The average molecular weight is 267 g/mol. The Bertz CT molecular complexity index is 221. The fraction of sp³-hybridized carbons (Fsp3) is 0.917. The molecule has 0 aromatic rings. The molecule has 0 spiro atoms. The van der Waals surface area contributed by atoms with E-state index in [1.165, 1.54) is 0 Å². The second-order valence-electron chi connectivity index (χ2n) is 5.29. The van der Waals surface area contributed by atoms with Crippen LogP contribution >= 0.6 is 12.4 Å². The van der Waals surface area contributed by atoms with Crippen molar-refractivity contribution in [2.45, 2.75) is 40.2 Å². The van der Waals surface area contributed by atoms with Crippen molar-refractivity contribution in [2.75, 3.05) is 26.7 Å². The van der Waals surface area contributed by atoms with Crippen molar-refractivity contribution in [3.63, 3.8) is 0 Å². The van der Waals surface area contributed by atoms with E-state index in [0.29, 0.717) is 26.1 Å². The third kappa shape index (κ3) is 9.39. The van der Waals surface area contributed by atoms with E-state index >= 15 is 0 Å². The zero-order chi connectivity index (χ0) is 12.8. The van der Waals surface area contributed by atoms with E-state index in [1.54, 1.807) is 4.90 Å². The van der Waals surface area contributed by atoms with Crippen LogP contribution in [0.15, 0.2) is 0 Å². The Morgan fingerprint density at radius 3 is 2.35 bits per heavy atom. The van der Waals surface area contributed by atoms with E-state index in [2.05, 4.69) is 13.8 Å². The second kappa shape index (κ2) is 8.72. The van der Waals surface area contributed by atoms with E-state index < -0.39 is 0 Å². The van der Waals surface area contributed by atoms with Crippen LogP contribution in [0.3, 0.4) is 0 Å². The fourth-order valence-electron chi connectivity index (χ4n) is 1.37. The van der Waals surface area contributed by atoms with E-state index in [0.717, 1.165) is 0 Å². The maximum atomic E-state index is 11.7. The summed E-state index contributed by atoms with van der Waals surface area (Å²) in [5.74, 6) is 0.113. The predicted octanol–water partition coefficient (Wildman–Crippen LogP) is 1.67. The minimum absolute atomic E-state index is 0. The molecule has 0 aliphatic heterocycles. The van der Waals surface area contributed by atoms with E-state index in [4.69, 9.17) is 10.5 Å². The molecule has 4 nitrogen and oxygen atoms in total. The van der Waals surface area contributed by atoms with Gasteiger partial charge in [0.25, 0.3) is 0 Å². The van der Waals surface area contributed by atoms with Crippen molar-refractivity contribution in [2.24, 2.45) is 11.1 Å². The zero-order valence-electron chi connectivity index (χ0n) is 11.7. The Morgan fingerprint density at radius 2 is 1.94 bits per heavy atom. The van der Waals surface area contributed by atoms with Crippen LogP contribution in [0.2, 0.25) is 0 Å². The van der Waals surface area contributed by atoms with Gasteiger partial charge in [0.1, 0.15) is 0 Å². The molecule has 1 amide bonds. The van der Waals surface area contributed by atoms with E-state index in [1.807, 2.05) is 20.9 Å². The number of halogens is 1. The number of nitrogens with two attached hydrogens (primary N) is 1. The first-order valence-electron chi connectivity index (χ1n) is 5.84. The number of ether oxygens (including phenoxy) is 1. The minimum atomic E-state index is -0.0245. The molecule has 2 N–H and O–H groups in total. The largest absolute Gasteiger partial charge is 0.378 e. The highest BCUT2D eigenvalue weighted by Crippen LogP contribution is 2.14. The fourth-order valence-corrected chi connectivity index (χ4v) is 1.37. The predicted molar refractivity (Wildman–Crippen MR) is 73.4 cm³/mol. The van der Waals surface area contributed by atoms with Gasteiger partial charge in [-0.1, -0.05) is 13.8 Å². The maximum absolute atomic E-state index is 11.7. The molecular weight excluding hydrogens is 240 g/mol. The molecule has 0 unspecified atom stereocenters. The van der Waals surface area contributed by atoms with Crippen LogP contribution < -0.4 is 5.73 Å². The molecule has 0 aromatic heterocycles. The summed E-state index contributed by atoms with van der Waals surface area (Å²) >= 11 is 0. The smallest absolute Gasteiger partial charge is 0.224 e. The topological polar surface area (TPSA) is 55.6 Å². The molecule has 0 aromatic carbocycles. The van der Waals surface area contributed by atoms with Crippen LogP contribution in [0.5, 0.6) is 0 Å². The Morgan fingerprint density at radius 1 is 1.41 bits per heavy atom. The number of carbonyl (C=O) groups is 1. The number of nitrogens with zero attached hydrogens (tertiary/aromatic N) is 1. The van der Waals surface area contributed by atoms with Crippen molar-refractivity contribution in [3.05, 3.63) is 0 Å². The first-order valence-corrected chi connectivity index (χ1v) is 5.84. The van der Waals surface area contributed by atoms with Crippen molar-refractivity contribution < 1.29 is 9.53 Å². The van der Waals surface area contributed by atoms with E-state index in [-0.39, 0.29) is 29.8 Å². The molecule has 104 valence electrons. The summed E-state index contributed by atoms with van der Waals surface area (Å²) in [5.41, 5.74) is 5.61. The molecular formula is C12H27ClN2O2. The quantitative estimate of drug-likeness (QED) is 0.763. The van der Waals surface area contributed by atoms with Gasteiger partial charge in [-0.15, -0.1) is 12.4 Å². The standard InChI is InChI=1S/C12H26N2O2.ClH/c1-10(2)16-7-6-11(15)14(5)9-12(3,4)8-13;/h10H,6-9,13H2,1-5H3;1H. The third-order valence-corrected chi connectivity index (χ3v) is 2.41. The van der Waals surface area contributed by atoms with Gasteiger partial charge in [-0.2, -0.15) is 0 Å². The van der Waals surface area contributed by atoms with Gasteiger partial charge >= 0.3 is 0 Å². The summed E-state index contributed by atoms with van der Waals surface area (Å²) in [6, 6.07) is 0. The lowest BCUT2D eigenvalue weighted by Crippen LogP contribution is -2.40. The van der Waals surface area contributed by atoms with Gasteiger partial charge in [-0.3, -0.25) is 4.79 Å². The number of hydrogen-bond acceptors (Lipinski definition) is 3. The lowest BCUT2D eigenvalue weighted by Gasteiger charge is -2.29. The molecule has 0 saturated heterocycles. The van der Waals surface area contributed by atoms with Crippen LogP contribution in [0.4, 0.5) is 0 Å². The summed E-state index contributed by atoms with van der Waals surface area (Å²) in [4.78, 5) is 13.5. The highest BCUT2D eigenvalue weighted by atomic mass is 35.5. The minimum Gasteiger partial charge on any atom is -0.378 e. The maximum Gasteiger partial charge on any atom is 0.224 e. The van der Waals surface area contributed by atoms with Gasteiger partial charge in [0.15, 0.2) is 0 Å². The summed E-state index contributed by atoms with van der Waals surface area (Å²) in [5, 5.41) is 0. The Hall–Kier alpha value is -0.320. The molecule has 0 aliphatic rings.